The second kappa shape index (κ2) is 8.71. The molecular weight excluding hydrogens is 344 g/mol. The van der Waals surface area contributed by atoms with Crippen molar-refractivity contribution in [3.05, 3.63) is 29.8 Å². The van der Waals surface area contributed by atoms with Crippen LogP contribution in [-0.4, -0.2) is 73.7 Å². The topological polar surface area (TPSA) is 73.9 Å². The van der Waals surface area contributed by atoms with Gasteiger partial charge in [0.05, 0.1) is 19.1 Å². The Morgan fingerprint density at radius 3 is 2.63 bits per heavy atom. The minimum Gasteiger partial charge on any atom is -0.375 e. The largest absolute Gasteiger partial charge is 0.375 e. The Hall–Kier alpha value is -2.12. The van der Waals surface area contributed by atoms with Crippen molar-refractivity contribution < 1.29 is 14.3 Å². The average molecular weight is 374 g/mol. The molecule has 1 aromatic rings. The quantitative estimate of drug-likeness (QED) is 0.823. The van der Waals surface area contributed by atoms with Gasteiger partial charge >= 0.3 is 6.03 Å². The number of rotatable bonds is 5. The lowest BCUT2D eigenvalue weighted by molar-refractivity contribution is -0.134. The van der Waals surface area contributed by atoms with E-state index < -0.39 is 0 Å². The van der Waals surface area contributed by atoms with Gasteiger partial charge in [0.25, 0.3) is 0 Å². The molecular formula is C20H30N4O3. The summed E-state index contributed by atoms with van der Waals surface area (Å²) in [4.78, 5) is 28.1. The van der Waals surface area contributed by atoms with Gasteiger partial charge in [0.2, 0.25) is 5.91 Å². The van der Waals surface area contributed by atoms with Crippen molar-refractivity contribution in [2.24, 2.45) is 0 Å². The smallest absolute Gasteiger partial charge is 0.319 e. The van der Waals surface area contributed by atoms with Gasteiger partial charge in [-0.3, -0.25) is 9.69 Å². The van der Waals surface area contributed by atoms with E-state index in [1.165, 1.54) is 5.56 Å². The number of hydrogen-bond donors (Lipinski definition) is 2. The van der Waals surface area contributed by atoms with Gasteiger partial charge in [-0.05, 0) is 30.5 Å². The van der Waals surface area contributed by atoms with Crippen LogP contribution in [0.2, 0.25) is 0 Å². The molecule has 27 heavy (non-hydrogen) atoms. The molecule has 0 aliphatic carbocycles. The third kappa shape index (κ3) is 5.20. The molecule has 1 aromatic carbocycles. The van der Waals surface area contributed by atoms with Gasteiger partial charge in [-0.15, -0.1) is 0 Å². The normalized spacial score (nSPS) is 24.9. The molecule has 3 atom stereocenters. The summed E-state index contributed by atoms with van der Waals surface area (Å²) in [5.74, 6) is 0.0841. The van der Waals surface area contributed by atoms with Crippen LogP contribution < -0.4 is 10.6 Å². The molecule has 2 N–H and O–H groups in total. The number of ether oxygens (including phenoxy) is 1. The highest BCUT2D eigenvalue weighted by atomic mass is 16.5. The summed E-state index contributed by atoms with van der Waals surface area (Å²) in [6.45, 7) is 4.25. The number of fused-ring (bicyclic) bond motifs is 1. The fourth-order valence-electron chi connectivity index (χ4n) is 3.72. The van der Waals surface area contributed by atoms with Crippen LogP contribution in [-0.2, 0) is 16.0 Å². The van der Waals surface area contributed by atoms with Crippen molar-refractivity contribution in [3.8, 4) is 0 Å². The average Bonchev–Trinajstić information content (AvgIpc) is 3.03. The second-order valence-electron chi connectivity index (χ2n) is 7.64. The zero-order chi connectivity index (χ0) is 19.4. The van der Waals surface area contributed by atoms with E-state index in [1.807, 2.05) is 24.3 Å². The van der Waals surface area contributed by atoms with Crippen LogP contribution >= 0.6 is 0 Å². The summed E-state index contributed by atoms with van der Waals surface area (Å²) >= 11 is 0. The standard InChI is InChI=1S/C20H30N4O3/c1-4-14-5-7-15(8-6-14)21-20(26)22-16-9-17-13-27-18(12-24(17)11-16)10-19(25)23(2)3/h5-8,16-18H,4,9-13H2,1-3H3,(H2,21,22,26)/t16-,17+,18+/m1/s1. The highest BCUT2D eigenvalue weighted by molar-refractivity contribution is 5.89. The van der Waals surface area contributed by atoms with Crippen LogP contribution in [0.15, 0.2) is 24.3 Å². The number of morpholine rings is 1. The van der Waals surface area contributed by atoms with Crippen LogP contribution in [0.3, 0.4) is 0 Å². The molecule has 0 unspecified atom stereocenters. The van der Waals surface area contributed by atoms with Crippen LogP contribution in [0.25, 0.3) is 0 Å². The van der Waals surface area contributed by atoms with Gasteiger partial charge in [-0.2, -0.15) is 0 Å². The SMILES string of the molecule is CCc1ccc(NC(=O)N[C@@H]2C[C@H]3CO[C@@H](CC(=O)N(C)C)CN3C2)cc1. The minimum atomic E-state index is -0.177. The van der Waals surface area contributed by atoms with Crippen molar-refractivity contribution in [1.82, 2.24) is 15.1 Å². The molecule has 2 fully saturated rings. The Bertz CT molecular complexity index is 662. The number of amides is 3. The van der Waals surface area contributed by atoms with Crippen molar-refractivity contribution in [2.45, 2.75) is 44.4 Å². The lowest BCUT2D eigenvalue weighted by Crippen LogP contribution is -2.47. The van der Waals surface area contributed by atoms with Crippen molar-refractivity contribution >= 4 is 17.6 Å². The number of aryl methyl sites for hydroxylation is 1. The van der Waals surface area contributed by atoms with E-state index in [9.17, 15) is 9.59 Å². The molecule has 7 heteroatoms. The van der Waals surface area contributed by atoms with Crippen molar-refractivity contribution in [1.29, 1.82) is 0 Å². The molecule has 0 bridgehead atoms. The Kier molecular flexibility index (Phi) is 6.34. The summed E-state index contributed by atoms with van der Waals surface area (Å²) in [5.41, 5.74) is 2.04. The number of benzene rings is 1. The van der Waals surface area contributed by atoms with Crippen LogP contribution in [0.5, 0.6) is 0 Å². The first kappa shape index (κ1) is 19.6. The van der Waals surface area contributed by atoms with E-state index >= 15 is 0 Å². The molecule has 0 radical (unpaired) electrons. The van der Waals surface area contributed by atoms with Gasteiger partial charge in [0.15, 0.2) is 0 Å². The molecule has 2 aliphatic heterocycles. The second-order valence-corrected chi connectivity index (χ2v) is 7.64. The molecule has 0 aromatic heterocycles. The van der Waals surface area contributed by atoms with E-state index in [-0.39, 0.29) is 24.1 Å². The zero-order valence-corrected chi connectivity index (χ0v) is 16.4. The van der Waals surface area contributed by atoms with E-state index in [0.717, 1.165) is 31.6 Å². The summed E-state index contributed by atoms with van der Waals surface area (Å²) < 4.78 is 5.87. The fourth-order valence-corrected chi connectivity index (χ4v) is 3.72. The summed E-state index contributed by atoms with van der Waals surface area (Å²) in [6, 6.07) is 8.13. The van der Waals surface area contributed by atoms with E-state index in [2.05, 4.69) is 22.5 Å². The van der Waals surface area contributed by atoms with E-state index in [1.54, 1.807) is 19.0 Å². The van der Waals surface area contributed by atoms with Gasteiger partial charge in [0, 0.05) is 45.0 Å². The third-order valence-corrected chi connectivity index (χ3v) is 5.35. The maximum atomic E-state index is 12.3. The lowest BCUT2D eigenvalue weighted by atomic mass is 10.1. The van der Waals surface area contributed by atoms with E-state index in [0.29, 0.717) is 19.1 Å². The van der Waals surface area contributed by atoms with Crippen LogP contribution in [0.1, 0.15) is 25.3 Å². The monoisotopic (exact) mass is 374 g/mol. The lowest BCUT2D eigenvalue weighted by Gasteiger charge is -2.35. The van der Waals surface area contributed by atoms with Gasteiger partial charge < -0.3 is 20.3 Å². The zero-order valence-electron chi connectivity index (χ0n) is 16.4. The molecule has 7 nitrogen and oxygen atoms in total. The van der Waals surface area contributed by atoms with Crippen LogP contribution in [0, 0.1) is 0 Å². The molecule has 2 saturated heterocycles. The Morgan fingerprint density at radius 2 is 1.96 bits per heavy atom. The van der Waals surface area contributed by atoms with Crippen molar-refractivity contribution in [2.75, 3.05) is 39.1 Å². The highest BCUT2D eigenvalue weighted by Crippen LogP contribution is 2.24. The predicted molar refractivity (Wildman–Crippen MR) is 105 cm³/mol. The number of carbonyl (C=O) groups is 2. The molecule has 3 amide bonds. The maximum Gasteiger partial charge on any atom is 0.319 e. The summed E-state index contributed by atoms with van der Waals surface area (Å²) in [5, 5.41) is 5.96. The molecule has 0 spiro atoms. The number of urea groups is 1. The molecule has 3 rings (SSSR count). The number of nitrogens with one attached hydrogen (secondary N) is 2. The number of carbonyl (C=O) groups excluding carboxylic acids is 2. The van der Waals surface area contributed by atoms with E-state index in [4.69, 9.17) is 4.74 Å². The summed E-state index contributed by atoms with van der Waals surface area (Å²) in [7, 11) is 3.52. The van der Waals surface area contributed by atoms with Gasteiger partial charge in [-0.1, -0.05) is 19.1 Å². The molecule has 148 valence electrons. The molecule has 2 aliphatic rings. The Morgan fingerprint density at radius 1 is 1.22 bits per heavy atom. The fraction of sp³-hybridized carbons (Fsp3) is 0.600. The highest BCUT2D eigenvalue weighted by Gasteiger charge is 2.38. The number of nitrogens with zero attached hydrogens (tertiary/aromatic N) is 2. The molecule has 2 heterocycles. The van der Waals surface area contributed by atoms with Gasteiger partial charge in [0.1, 0.15) is 0 Å². The number of hydrogen-bond acceptors (Lipinski definition) is 4. The van der Waals surface area contributed by atoms with Crippen molar-refractivity contribution in [3.63, 3.8) is 0 Å². The minimum absolute atomic E-state index is 0.0687. The molecule has 0 saturated carbocycles. The first-order valence-electron chi connectivity index (χ1n) is 9.67. The first-order valence-corrected chi connectivity index (χ1v) is 9.67. The number of anilines is 1. The van der Waals surface area contributed by atoms with Crippen LogP contribution in [0.4, 0.5) is 10.5 Å². The maximum absolute atomic E-state index is 12.3. The van der Waals surface area contributed by atoms with Gasteiger partial charge in [-0.25, -0.2) is 4.79 Å². The Labute approximate surface area is 161 Å². The Balaban J connectivity index is 1.46. The summed E-state index contributed by atoms with van der Waals surface area (Å²) in [6.07, 6.45) is 2.19. The predicted octanol–water partition coefficient (Wildman–Crippen LogP) is 1.69. The third-order valence-electron chi connectivity index (χ3n) is 5.35. The first-order chi connectivity index (χ1) is 12.9.